The van der Waals surface area contributed by atoms with Crippen LogP contribution in [0.25, 0.3) is 0 Å². The molecule has 0 amide bonds. The summed E-state index contributed by atoms with van der Waals surface area (Å²) in [5, 5.41) is 0. The molecule has 140 valence electrons. The molecule has 0 atom stereocenters. The van der Waals surface area contributed by atoms with Crippen LogP contribution in [-0.2, 0) is 16.6 Å². The van der Waals surface area contributed by atoms with Crippen molar-refractivity contribution in [1.29, 1.82) is 0 Å². The van der Waals surface area contributed by atoms with Crippen molar-refractivity contribution in [2.45, 2.75) is 11.4 Å². The fraction of sp³-hybridized carbons (Fsp3) is 0.333. The van der Waals surface area contributed by atoms with Gasteiger partial charge >= 0.3 is 0 Å². The lowest BCUT2D eigenvalue weighted by molar-refractivity contribution is 0.181. The molecule has 26 heavy (non-hydrogen) atoms. The van der Waals surface area contributed by atoms with Gasteiger partial charge in [0.05, 0.1) is 12.0 Å². The number of nitrogens with zero attached hydrogens (tertiary/aromatic N) is 2. The molecule has 3 rings (SSSR count). The van der Waals surface area contributed by atoms with Crippen LogP contribution in [0.1, 0.15) is 5.56 Å². The molecule has 0 aliphatic carbocycles. The molecule has 1 saturated heterocycles. The second-order valence-corrected chi connectivity index (χ2v) is 8.05. The topological polar surface area (TPSA) is 49.9 Å². The first-order chi connectivity index (χ1) is 12.4. The van der Waals surface area contributed by atoms with Gasteiger partial charge in [-0.1, -0.05) is 12.1 Å². The Morgan fingerprint density at radius 3 is 2.38 bits per heavy atom. The fourth-order valence-electron chi connectivity index (χ4n) is 2.94. The Morgan fingerprint density at radius 1 is 1.00 bits per heavy atom. The van der Waals surface area contributed by atoms with E-state index in [2.05, 4.69) is 4.90 Å². The van der Waals surface area contributed by atoms with Gasteiger partial charge in [-0.25, -0.2) is 17.2 Å². The van der Waals surface area contributed by atoms with Crippen LogP contribution in [-0.4, -0.2) is 50.9 Å². The molecule has 0 aromatic heterocycles. The van der Waals surface area contributed by atoms with Crippen molar-refractivity contribution in [2.24, 2.45) is 0 Å². The summed E-state index contributed by atoms with van der Waals surface area (Å²) in [5.74, 6) is -1.45. The van der Waals surface area contributed by atoms with Crippen molar-refractivity contribution >= 4 is 10.0 Å². The number of benzene rings is 2. The zero-order valence-electron chi connectivity index (χ0n) is 14.4. The first-order valence-electron chi connectivity index (χ1n) is 8.20. The number of rotatable bonds is 5. The third-order valence-corrected chi connectivity index (χ3v) is 6.30. The summed E-state index contributed by atoms with van der Waals surface area (Å²) >= 11 is 0. The number of hydrogen-bond acceptors (Lipinski definition) is 4. The smallest absolute Gasteiger partial charge is 0.243 e. The lowest BCUT2D eigenvalue weighted by atomic mass is 10.2. The summed E-state index contributed by atoms with van der Waals surface area (Å²) in [6, 6.07) is 10.4. The molecule has 2 aromatic carbocycles. The molecule has 0 unspecified atom stereocenters. The highest BCUT2D eigenvalue weighted by Gasteiger charge is 2.29. The van der Waals surface area contributed by atoms with E-state index < -0.39 is 21.7 Å². The van der Waals surface area contributed by atoms with Crippen LogP contribution >= 0.6 is 0 Å². The normalized spacial score (nSPS) is 16.6. The van der Waals surface area contributed by atoms with E-state index in [0.717, 1.165) is 29.5 Å². The maximum absolute atomic E-state index is 13.4. The van der Waals surface area contributed by atoms with Gasteiger partial charge in [0.25, 0.3) is 0 Å². The average molecular weight is 382 g/mol. The van der Waals surface area contributed by atoms with E-state index in [4.69, 9.17) is 4.74 Å². The molecule has 8 heteroatoms. The Kier molecular flexibility index (Phi) is 5.55. The van der Waals surface area contributed by atoms with Gasteiger partial charge in [0.15, 0.2) is 11.6 Å². The predicted octanol–water partition coefficient (Wildman–Crippen LogP) is 2.48. The van der Waals surface area contributed by atoms with Crippen molar-refractivity contribution < 1.29 is 21.9 Å². The summed E-state index contributed by atoms with van der Waals surface area (Å²) in [4.78, 5) is 1.92. The minimum Gasteiger partial charge on any atom is -0.497 e. The molecule has 0 spiro atoms. The standard InChI is InChI=1S/C18H20F2N2O3S/c1-25-15-4-2-3-14(11-15)13-21-7-9-22(10-8-21)26(23,24)16-5-6-17(19)18(20)12-16/h2-6,11-12H,7-10,13H2,1H3. The second-order valence-electron chi connectivity index (χ2n) is 6.11. The van der Waals surface area contributed by atoms with Gasteiger partial charge in [0.1, 0.15) is 5.75 Å². The summed E-state index contributed by atoms with van der Waals surface area (Å²) in [6.07, 6.45) is 0. The van der Waals surface area contributed by atoms with E-state index in [0.29, 0.717) is 32.7 Å². The summed E-state index contributed by atoms with van der Waals surface area (Å²) in [5.41, 5.74) is 1.08. The number of hydrogen-bond donors (Lipinski definition) is 0. The number of piperazine rings is 1. The van der Waals surface area contributed by atoms with Gasteiger partial charge in [0.2, 0.25) is 10.0 Å². The monoisotopic (exact) mass is 382 g/mol. The zero-order valence-corrected chi connectivity index (χ0v) is 15.2. The third kappa shape index (κ3) is 4.03. The molecule has 5 nitrogen and oxygen atoms in total. The summed E-state index contributed by atoms with van der Waals surface area (Å²) in [7, 11) is -2.22. The summed E-state index contributed by atoms with van der Waals surface area (Å²) in [6.45, 7) is 2.40. The minimum atomic E-state index is -3.83. The Bertz CT molecular complexity index is 882. The van der Waals surface area contributed by atoms with E-state index in [1.54, 1.807) is 7.11 Å². The molecule has 0 bridgehead atoms. The second kappa shape index (κ2) is 7.69. The highest BCUT2D eigenvalue weighted by Crippen LogP contribution is 2.21. The van der Waals surface area contributed by atoms with Gasteiger partial charge in [-0.15, -0.1) is 0 Å². The Morgan fingerprint density at radius 2 is 1.73 bits per heavy atom. The van der Waals surface area contributed by atoms with Crippen LogP contribution < -0.4 is 4.74 Å². The van der Waals surface area contributed by atoms with Crippen molar-refractivity contribution in [3.8, 4) is 5.75 Å². The number of halogens is 2. The summed E-state index contributed by atoms with van der Waals surface area (Å²) < 4.78 is 58.1. The zero-order chi connectivity index (χ0) is 18.7. The van der Waals surface area contributed by atoms with Crippen LogP contribution in [0, 0.1) is 11.6 Å². The van der Waals surface area contributed by atoms with Crippen molar-refractivity contribution in [3.05, 3.63) is 59.7 Å². The highest BCUT2D eigenvalue weighted by atomic mass is 32.2. The molecule has 0 radical (unpaired) electrons. The predicted molar refractivity (Wildman–Crippen MR) is 93.4 cm³/mol. The molecular formula is C18H20F2N2O3S. The number of ether oxygens (including phenoxy) is 1. The molecule has 2 aromatic rings. The lowest BCUT2D eigenvalue weighted by Gasteiger charge is -2.34. The number of sulfonamides is 1. The molecular weight excluding hydrogens is 362 g/mol. The van der Waals surface area contributed by atoms with Gasteiger partial charge in [0, 0.05) is 32.7 Å². The largest absolute Gasteiger partial charge is 0.497 e. The molecule has 0 N–H and O–H groups in total. The first-order valence-corrected chi connectivity index (χ1v) is 9.64. The minimum absolute atomic E-state index is 0.224. The third-order valence-electron chi connectivity index (χ3n) is 4.40. The van der Waals surface area contributed by atoms with Gasteiger partial charge in [-0.05, 0) is 35.9 Å². The van der Waals surface area contributed by atoms with Crippen LogP contribution in [0.2, 0.25) is 0 Å². The van der Waals surface area contributed by atoms with Gasteiger partial charge < -0.3 is 4.74 Å². The van der Waals surface area contributed by atoms with E-state index in [9.17, 15) is 17.2 Å². The Balaban J connectivity index is 1.64. The molecule has 0 saturated carbocycles. The van der Waals surface area contributed by atoms with Crippen LogP contribution in [0.5, 0.6) is 5.75 Å². The maximum atomic E-state index is 13.4. The van der Waals surface area contributed by atoms with Crippen molar-refractivity contribution in [3.63, 3.8) is 0 Å². The first kappa shape index (κ1) is 18.8. The fourth-order valence-corrected chi connectivity index (χ4v) is 4.38. The SMILES string of the molecule is COc1cccc(CN2CCN(S(=O)(=O)c3ccc(F)c(F)c3)CC2)c1. The van der Waals surface area contributed by atoms with Crippen molar-refractivity contribution in [1.82, 2.24) is 9.21 Å². The highest BCUT2D eigenvalue weighted by molar-refractivity contribution is 7.89. The molecule has 1 aliphatic rings. The van der Waals surface area contributed by atoms with E-state index in [1.165, 1.54) is 4.31 Å². The molecule has 1 fully saturated rings. The Hall–Kier alpha value is -2.03. The molecule has 1 heterocycles. The van der Waals surface area contributed by atoms with Crippen molar-refractivity contribution in [2.75, 3.05) is 33.3 Å². The van der Waals surface area contributed by atoms with E-state index in [1.807, 2.05) is 24.3 Å². The van der Waals surface area contributed by atoms with Crippen LogP contribution in [0.3, 0.4) is 0 Å². The van der Waals surface area contributed by atoms with Crippen LogP contribution in [0.4, 0.5) is 8.78 Å². The quantitative estimate of drug-likeness (QED) is 0.797. The van der Waals surface area contributed by atoms with E-state index >= 15 is 0 Å². The maximum Gasteiger partial charge on any atom is 0.243 e. The average Bonchev–Trinajstić information content (AvgIpc) is 2.64. The van der Waals surface area contributed by atoms with Gasteiger partial charge in [-0.3, -0.25) is 4.90 Å². The van der Waals surface area contributed by atoms with E-state index in [-0.39, 0.29) is 4.90 Å². The molecule has 1 aliphatic heterocycles. The van der Waals surface area contributed by atoms with Crippen LogP contribution in [0.15, 0.2) is 47.4 Å². The Labute approximate surface area is 151 Å². The lowest BCUT2D eigenvalue weighted by Crippen LogP contribution is -2.48. The number of methoxy groups -OCH3 is 1. The van der Waals surface area contributed by atoms with Gasteiger partial charge in [-0.2, -0.15) is 4.31 Å².